The molecule has 3 rings (SSSR count). The van der Waals surface area contributed by atoms with Crippen LogP contribution in [0.2, 0.25) is 5.02 Å². The molecule has 5 nitrogen and oxygen atoms in total. The summed E-state index contributed by atoms with van der Waals surface area (Å²) in [4.78, 5) is 12.2. The monoisotopic (exact) mass is 374 g/mol. The summed E-state index contributed by atoms with van der Waals surface area (Å²) >= 11 is 11.5. The van der Waals surface area contributed by atoms with Crippen molar-refractivity contribution in [1.29, 1.82) is 0 Å². The quantitative estimate of drug-likeness (QED) is 0.648. The molecule has 3 aromatic rings. The first-order valence-electron chi connectivity index (χ1n) is 7.60. The van der Waals surface area contributed by atoms with Crippen LogP contribution in [-0.2, 0) is 0 Å². The molecule has 0 bridgehead atoms. The van der Waals surface area contributed by atoms with Crippen LogP contribution in [-0.4, -0.2) is 11.7 Å². The van der Waals surface area contributed by atoms with E-state index in [-0.39, 0.29) is 11.0 Å². The Morgan fingerprint density at radius 3 is 2.56 bits per heavy atom. The number of hydrogen-bond donors (Lipinski definition) is 2. The van der Waals surface area contributed by atoms with Gasteiger partial charge in [0.1, 0.15) is 5.02 Å². The van der Waals surface area contributed by atoms with Gasteiger partial charge in [-0.3, -0.25) is 0 Å². The summed E-state index contributed by atoms with van der Waals surface area (Å²) in [7, 11) is 0. The maximum Gasteiger partial charge on any atom is 0.346 e. The van der Waals surface area contributed by atoms with Crippen molar-refractivity contribution in [2.75, 3.05) is 17.2 Å². The van der Waals surface area contributed by atoms with Gasteiger partial charge >= 0.3 is 11.6 Å². The highest BCUT2D eigenvalue weighted by atomic mass is 35.5. The van der Waals surface area contributed by atoms with Crippen LogP contribution in [0.1, 0.15) is 6.92 Å². The molecule has 0 fully saturated rings. The van der Waals surface area contributed by atoms with Gasteiger partial charge in [0.25, 0.3) is 0 Å². The van der Waals surface area contributed by atoms with Crippen molar-refractivity contribution >= 4 is 51.1 Å². The van der Waals surface area contributed by atoms with E-state index < -0.39 is 5.63 Å². The lowest BCUT2D eigenvalue weighted by molar-refractivity contribution is 0.246. The zero-order chi connectivity index (χ0) is 17.8. The van der Waals surface area contributed by atoms with Crippen molar-refractivity contribution in [2.24, 2.45) is 0 Å². The molecule has 0 aliphatic rings. The molecule has 2 N–H and O–H groups in total. The second-order valence-electron chi connectivity index (χ2n) is 5.13. The highest BCUT2D eigenvalue weighted by Gasteiger charge is 2.14. The molecule has 0 aliphatic heterocycles. The third kappa shape index (κ3) is 3.92. The van der Waals surface area contributed by atoms with E-state index in [4.69, 9.17) is 33.0 Å². The van der Waals surface area contributed by atoms with Gasteiger partial charge in [0.15, 0.2) is 5.11 Å². The second kappa shape index (κ2) is 7.55. The van der Waals surface area contributed by atoms with Crippen molar-refractivity contribution in [1.82, 2.24) is 0 Å². The van der Waals surface area contributed by atoms with Gasteiger partial charge in [-0.2, -0.15) is 0 Å². The molecule has 0 saturated heterocycles. The molecule has 0 radical (unpaired) electrons. The molecule has 2 aromatic carbocycles. The van der Waals surface area contributed by atoms with Gasteiger partial charge in [-0.1, -0.05) is 35.9 Å². The Kier molecular flexibility index (Phi) is 5.21. The SMILES string of the molecule is CCOc1oc(=O)c2cc(NC(=S)Nc3ccccc3)ccc2c1Cl. The molecule has 0 unspecified atom stereocenters. The van der Waals surface area contributed by atoms with E-state index in [0.29, 0.717) is 28.2 Å². The smallest absolute Gasteiger partial charge is 0.346 e. The highest BCUT2D eigenvalue weighted by molar-refractivity contribution is 7.80. The summed E-state index contributed by atoms with van der Waals surface area (Å²) in [5, 5.41) is 7.69. The first kappa shape index (κ1) is 17.3. The average molecular weight is 375 g/mol. The Bertz CT molecular complexity index is 973. The molecule has 1 aromatic heterocycles. The molecule has 25 heavy (non-hydrogen) atoms. The number of anilines is 2. The number of rotatable bonds is 4. The van der Waals surface area contributed by atoms with Gasteiger partial charge in [-0.15, -0.1) is 0 Å². The van der Waals surface area contributed by atoms with Crippen LogP contribution in [0.5, 0.6) is 5.95 Å². The predicted octanol–water partition coefficient (Wildman–Crippen LogP) is 4.65. The maximum absolute atomic E-state index is 12.2. The molecule has 0 atom stereocenters. The van der Waals surface area contributed by atoms with E-state index in [1.807, 2.05) is 30.3 Å². The first-order chi connectivity index (χ1) is 12.1. The fourth-order valence-corrected chi connectivity index (χ4v) is 2.81. The summed E-state index contributed by atoms with van der Waals surface area (Å²) < 4.78 is 10.4. The summed E-state index contributed by atoms with van der Waals surface area (Å²) in [5.74, 6) is 0.0311. The number of para-hydroxylation sites is 1. The third-order valence-corrected chi connectivity index (χ3v) is 3.97. The van der Waals surface area contributed by atoms with E-state index >= 15 is 0 Å². The van der Waals surface area contributed by atoms with Crippen LogP contribution in [0.4, 0.5) is 11.4 Å². The average Bonchev–Trinajstić information content (AvgIpc) is 2.60. The number of ether oxygens (including phenoxy) is 1. The standard InChI is InChI=1S/C18H15ClN2O3S/c1-2-23-17-15(19)13-9-8-12(10-14(13)16(22)24-17)21-18(25)20-11-6-4-3-5-7-11/h3-10H,2H2,1H3,(H2,20,21,25). The predicted molar refractivity (Wildman–Crippen MR) is 105 cm³/mol. The van der Waals surface area contributed by atoms with Crippen LogP contribution in [0.3, 0.4) is 0 Å². The minimum Gasteiger partial charge on any atom is -0.464 e. The Hall–Kier alpha value is -2.57. The van der Waals surface area contributed by atoms with Crippen molar-refractivity contribution in [3.8, 4) is 5.95 Å². The van der Waals surface area contributed by atoms with Crippen LogP contribution in [0.25, 0.3) is 10.8 Å². The van der Waals surface area contributed by atoms with E-state index in [1.165, 1.54) is 0 Å². The molecule has 0 amide bonds. The lowest BCUT2D eigenvalue weighted by Gasteiger charge is -2.11. The third-order valence-electron chi connectivity index (χ3n) is 3.41. The van der Waals surface area contributed by atoms with Crippen molar-refractivity contribution in [3.05, 3.63) is 64.0 Å². The van der Waals surface area contributed by atoms with Gasteiger partial charge in [0.05, 0.1) is 12.0 Å². The molecular weight excluding hydrogens is 360 g/mol. The highest BCUT2D eigenvalue weighted by Crippen LogP contribution is 2.31. The molecule has 128 valence electrons. The number of benzene rings is 2. The first-order valence-corrected chi connectivity index (χ1v) is 8.39. The van der Waals surface area contributed by atoms with Gasteiger partial charge in [-0.05, 0) is 43.4 Å². The molecule has 0 aliphatic carbocycles. The van der Waals surface area contributed by atoms with Crippen molar-refractivity contribution in [2.45, 2.75) is 6.92 Å². The molecule has 0 saturated carbocycles. The van der Waals surface area contributed by atoms with E-state index in [1.54, 1.807) is 25.1 Å². The summed E-state index contributed by atoms with van der Waals surface area (Å²) in [6.07, 6.45) is 0. The van der Waals surface area contributed by atoms with Gasteiger partial charge < -0.3 is 19.8 Å². The van der Waals surface area contributed by atoms with E-state index in [2.05, 4.69) is 10.6 Å². The lowest BCUT2D eigenvalue weighted by Crippen LogP contribution is -2.19. The Balaban J connectivity index is 1.86. The molecule has 1 heterocycles. The van der Waals surface area contributed by atoms with Crippen LogP contribution in [0.15, 0.2) is 57.7 Å². The molecule has 0 spiro atoms. The number of hydrogen-bond acceptors (Lipinski definition) is 4. The van der Waals surface area contributed by atoms with Gasteiger partial charge in [0, 0.05) is 16.8 Å². The Labute approximate surface area is 154 Å². The fraction of sp³-hybridized carbons (Fsp3) is 0.111. The van der Waals surface area contributed by atoms with Crippen LogP contribution in [0, 0.1) is 0 Å². The van der Waals surface area contributed by atoms with Crippen LogP contribution >= 0.6 is 23.8 Å². The fourth-order valence-electron chi connectivity index (χ4n) is 2.32. The summed E-state index contributed by atoms with van der Waals surface area (Å²) in [6, 6.07) is 14.7. The summed E-state index contributed by atoms with van der Waals surface area (Å²) in [6.45, 7) is 2.14. The number of thiocarbonyl (C=S) groups is 1. The van der Waals surface area contributed by atoms with Crippen molar-refractivity contribution < 1.29 is 9.15 Å². The zero-order valence-electron chi connectivity index (χ0n) is 13.3. The number of fused-ring (bicyclic) bond motifs is 1. The summed E-state index contributed by atoms with van der Waals surface area (Å²) in [5.41, 5.74) is 0.992. The Morgan fingerprint density at radius 2 is 1.84 bits per heavy atom. The van der Waals surface area contributed by atoms with Crippen molar-refractivity contribution in [3.63, 3.8) is 0 Å². The topological polar surface area (TPSA) is 63.5 Å². The maximum atomic E-state index is 12.2. The van der Waals surface area contributed by atoms with Gasteiger partial charge in [0.2, 0.25) is 0 Å². The Morgan fingerprint density at radius 1 is 1.12 bits per heavy atom. The van der Waals surface area contributed by atoms with E-state index in [0.717, 1.165) is 5.69 Å². The number of halogens is 1. The number of nitrogens with one attached hydrogen (secondary N) is 2. The van der Waals surface area contributed by atoms with E-state index in [9.17, 15) is 4.79 Å². The minimum absolute atomic E-state index is 0.0311. The second-order valence-corrected chi connectivity index (χ2v) is 5.92. The lowest BCUT2D eigenvalue weighted by atomic mass is 10.1. The largest absolute Gasteiger partial charge is 0.464 e. The molecule has 7 heteroatoms. The van der Waals surface area contributed by atoms with Crippen LogP contribution < -0.4 is 21.0 Å². The molecular formula is C18H15ClN2O3S. The minimum atomic E-state index is -0.520. The zero-order valence-corrected chi connectivity index (χ0v) is 14.9. The normalized spacial score (nSPS) is 10.5. The van der Waals surface area contributed by atoms with Gasteiger partial charge in [-0.25, -0.2) is 4.79 Å².